The number of hydrogen-bond donors (Lipinski definition) is 1. The van der Waals surface area contributed by atoms with E-state index in [0.717, 1.165) is 11.6 Å². The van der Waals surface area contributed by atoms with Crippen LogP contribution in [-0.4, -0.2) is 7.05 Å². The van der Waals surface area contributed by atoms with Crippen molar-refractivity contribution in [3.05, 3.63) is 71.3 Å². The van der Waals surface area contributed by atoms with Crippen LogP contribution >= 0.6 is 0 Å². The molecule has 0 saturated carbocycles. The highest BCUT2D eigenvalue weighted by atomic mass is 19.1. The summed E-state index contributed by atoms with van der Waals surface area (Å²) in [7, 11) is 1.75. The summed E-state index contributed by atoms with van der Waals surface area (Å²) in [5.74, 6) is -1.10. The molecule has 1 N–H and O–H groups in total. The molecule has 2 rings (SSSR count). The SMILES string of the molecule is CNC(c1ccccc1)c1ccc(F)cc1F. The quantitative estimate of drug-likeness (QED) is 0.857. The van der Waals surface area contributed by atoms with E-state index in [1.165, 1.54) is 12.1 Å². The van der Waals surface area contributed by atoms with Crippen molar-refractivity contribution in [3.63, 3.8) is 0 Å². The normalized spacial score (nSPS) is 12.4. The van der Waals surface area contributed by atoms with E-state index in [0.29, 0.717) is 5.56 Å². The Hall–Kier alpha value is -1.74. The molecule has 1 atom stereocenters. The van der Waals surface area contributed by atoms with Crippen molar-refractivity contribution in [2.45, 2.75) is 6.04 Å². The predicted molar refractivity (Wildman–Crippen MR) is 63.7 cm³/mol. The lowest BCUT2D eigenvalue weighted by Gasteiger charge is -2.17. The monoisotopic (exact) mass is 233 g/mol. The van der Waals surface area contributed by atoms with E-state index in [1.807, 2.05) is 30.3 Å². The summed E-state index contributed by atoms with van der Waals surface area (Å²) in [4.78, 5) is 0. The van der Waals surface area contributed by atoms with E-state index in [9.17, 15) is 8.78 Å². The van der Waals surface area contributed by atoms with Gasteiger partial charge in [0.1, 0.15) is 11.6 Å². The van der Waals surface area contributed by atoms with Crippen molar-refractivity contribution in [2.75, 3.05) is 7.05 Å². The standard InChI is InChI=1S/C14H13F2N/c1-17-14(10-5-3-2-4-6-10)12-8-7-11(15)9-13(12)16/h2-9,14,17H,1H3. The molecule has 0 aliphatic rings. The van der Waals surface area contributed by atoms with Gasteiger partial charge in [-0.25, -0.2) is 8.78 Å². The summed E-state index contributed by atoms with van der Waals surface area (Å²) in [5.41, 5.74) is 1.39. The minimum atomic E-state index is -0.561. The molecule has 2 aromatic carbocycles. The van der Waals surface area contributed by atoms with Gasteiger partial charge >= 0.3 is 0 Å². The Balaban J connectivity index is 2.42. The average Bonchev–Trinajstić information content (AvgIpc) is 2.34. The molecule has 3 heteroatoms. The van der Waals surface area contributed by atoms with Crippen LogP contribution in [0.1, 0.15) is 17.2 Å². The van der Waals surface area contributed by atoms with Gasteiger partial charge in [0.25, 0.3) is 0 Å². The van der Waals surface area contributed by atoms with Crippen molar-refractivity contribution in [3.8, 4) is 0 Å². The highest BCUT2D eigenvalue weighted by Crippen LogP contribution is 2.24. The van der Waals surface area contributed by atoms with Gasteiger partial charge in [0.05, 0.1) is 6.04 Å². The molecule has 0 heterocycles. The molecule has 0 saturated heterocycles. The molecule has 0 amide bonds. The smallest absolute Gasteiger partial charge is 0.131 e. The van der Waals surface area contributed by atoms with E-state index in [1.54, 1.807) is 7.05 Å². The Bertz CT molecular complexity index is 497. The summed E-state index contributed by atoms with van der Waals surface area (Å²) >= 11 is 0. The summed E-state index contributed by atoms with van der Waals surface area (Å²) < 4.78 is 26.6. The molecule has 1 nitrogen and oxygen atoms in total. The highest BCUT2D eigenvalue weighted by molar-refractivity contribution is 5.32. The molecule has 0 fully saturated rings. The topological polar surface area (TPSA) is 12.0 Å². The van der Waals surface area contributed by atoms with Crippen molar-refractivity contribution in [1.82, 2.24) is 5.32 Å². The van der Waals surface area contributed by atoms with Crippen molar-refractivity contribution < 1.29 is 8.78 Å². The fraction of sp³-hybridized carbons (Fsp3) is 0.143. The highest BCUT2D eigenvalue weighted by Gasteiger charge is 2.16. The first-order valence-corrected chi connectivity index (χ1v) is 5.39. The third kappa shape index (κ3) is 2.50. The minimum absolute atomic E-state index is 0.267. The first kappa shape index (κ1) is 11.7. The number of rotatable bonds is 3. The predicted octanol–water partition coefficient (Wildman–Crippen LogP) is 3.27. The maximum Gasteiger partial charge on any atom is 0.131 e. The fourth-order valence-corrected chi connectivity index (χ4v) is 1.88. The lowest BCUT2D eigenvalue weighted by atomic mass is 9.98. The van der Waals surface area contributed by atoms with Crippen LogP contribution in [0, 0.1) is 11.6 Å². The van der Waals surface area contributed by atoms with Crippen molar-refractivity contribution in [1.29, 1.82) is 0 Å². The molecule has 1 unspecified atom stereocenters. The summed E-state index contributed by atoms with van der Waals surface area (Å²) in [6, 6.07) is 12.9. The first-order valence-electron chi connectivity index (χ1n) is 5.39. The first-order chi connectivity index (χ1) is 8.22. The molecule has 88 valence electrons. The van der Waals surface area contributed by atoms with E-state index in [-0.39, 0.29) is 6.04 Å². The molecular formula is C14H13F2N. The molecule has 0 aromatic heterocycles. The zero-order valence-corrected chi connectivity index (χ0v) is 9.45. The van der Waals surface area contributed by atoms with E-state index in [2.05, 4.69) is 5.32 Å². The lowest BCUT2D eigenvalue weighted by Crippen LogP contribution is -2.18. The Morgan fingerprint density at radius 2 is 1.71 bits per heavy atom. The second kappa shape index (κ2) is 5.06. The number of benzene rings is 2. The van der Waals surface area contributed by atoms with Crippen LogP contribution in [0.25, 0.3) is 0 Å². The number of nitrogens with one attached hydrogen (secondary N) is 1. The maximum atomic E-state index is 13.7. The van der Waals surface area contributed by atoms with Gasteiger partial charge in [0, 0.05) is 11.6 Å². The van der Waals surface area contributed by atoms with Crippen LogP contribution in [0.3, 0.4) is 0 Å². The van der Waals surface area contributed by atoms with Gasteiger partial charge < -0.3 is 5.32 Å². The molecule has 0 radical (unpaired) electrons. The van der Waals surface area contributed by atoms with E-state index < -0.39 is 11.6 Å². The third-order valence-corrected chi connectivity index (χ3v) is 2.70. The van der Waals surface area contributed by atoms with Gasteiger partial charge in [-0.15, -0.1) is 0 Å². The Morgan fingerprint density at radius 3 is 2.29 bits per heavy atom. The fourth-order valence-electron chi connectivity index (χ4n) is 1.88. The van der Waals surface area contributed by atoms with Crippen LogP contribution in [-0.2, 0) is 0 Å². The van der Waals surface area contributed by atoms with Crippen LogP contribution in [0.2, 0.25) is 0 Å². The van der Waals surface area contributed by atoms with Gasteiger partial charge in [-0.1, -0.05) is 36.4 Å². The second-order valence-corrected chi connectivity index (χ2v) is 3.80. The summed E-state index contributed by atoms with van der Waals surface area (Å²) in [5, 5.41) is 3.03. The largest absolute Gasteiger partial charge is 0.309 e. The van der Waals surface area contributed by atoms with E-state index in [4.69, 9.17) is 0 Å². The molecule has 0 aliphatic carbocycles. The number of hydrogen-bond acceptors (Lipinski definition) is 1. The van der Waals surface area contributed by atoms with Crippen LogP contribution in [0.4, 0.5) is 8.78 Å². The molecule has 0 aliphatic heterocycles. The molecular weight excluding hydrogens is 220 g/mol. The Morgan fingerprint density at radius 1 is 1.00 bits per heavy atom. The molecule has 0 spiro atoms. The van der Waals surface area contributed by atoms with Crippen molar-refractivity contribution >= 4 is 0 Å². The average molecular weight is 233 g/mol. The van der Waals surface area contributed by atoms with Crippen LogP contribution in [0.15, 0.2) is 48.5 Å². The summed E-state index contributed by atoms with van der Waals surface area (Å²) in [6.07, 6.45) is 0. The Labute approximate surface area is 99.1 Å². The zero-order valence-electron chi connectivity index (χ0n) is 9.45. The van der Waals surface area contributed by atoms with Gasteiger partial charge in [-0.2, -0.15) is 0 Å². The Kier molecular flexibility index (Phi) is 3.49. The van der Waals surface area contributed by atoms with Gasteiger partial charge in [0.15, 0.2) is 0 Å². The van der Waals surface area contributed by atoms with Gasteiger partial charge in [0.2, 0.25) is 0 Å². The molecule has 17 heavy (non-hydrogen) atoms. The summed E-state index contributed by atoms with van der Waals surface area (Å²) in [6.45, 7) is 0. The molecule has 0 bridgehead atoms. The molecule has 2 aromatic rings. The maximum absolute atomic E-state index is 13.7. The third-order valence-electron chi connectivity index (χ3n) is 2.70. The second-order valence-electron chi connectivity index (χ2n) is 3.80. The van der Waals surface area contributed by atoms with Crippen molar-refractivity contribution in [2.24, 2.45) is 0 Å². The minimum Gasteiger partial charge on any atom is -0.309 e. The lowest BCUT2D eigenvalue weighted by molar-refractivity contribution is 0.552. The number of halogens is 2. The van der Waals surface area contributed by atoms with Gasteiger partial charge in [-0.05, 0) is 18.7 Å². The van der Waals surface area contributed by atoms with Crippen LogP contribution < -0.4 is 5.32 Å². The van der Waals surface area contributed by atoms with Crippen LogP contribution in [0.5, 0.6) is 0 Å². The zero-order chi connectivity index (χ0) is 12.3. The van der Waals surface area contributed by atoms with Gasteiger partial charge in [-0.3, -0.25) is 0 Å². The van der Waals surface area contributed by atoms with E-state index >= 15 is 0 Å².